The zero-order valence-electron chi connectivity index (χ0n) is 16.5. The molecule has 1 amide bonds. The molecular formula is C23H26BrClN2O2. The van der Waals surface area contributed by atoms with Crippen molar-refractivity contribution in [3.05, 3.63) is 69.2 Å². The molecule has 1 N–H and O–H groups in total. The number of hydrogen-bond acceptors (Lipinski definition) is 3. The number of amides is 1. The van der Waals surface area contributed by atoms with Crippen LogP contribution in [0.3, 0.4) is 0 Å². The van der Waals surface area contributed by atoms with E-state index in [1.165, 1.54) is 5.56 Å². The number of halogens is 2. The lowest BCUT2D eigenvalue weighted by Crippen LogP contribution is -2.51. The molecule has 2 saturated heterocycles. The van der Waals surface area contributed by atoms with Gasteiger partial charge in [0.2, 0.25) is 5.91 Å². The van der Waals surface area contributed by atoms with Gasteiger partial charge in [-0.3, -0.25) is 9.69 Å². The Morgan fingerprint density at radius 3 is 2.62 bits per heavy atom. The monoisotopic (exact) mass is 476 g/mol. The molecule has 4 unspecified atom stereocenters. The molecule has 4 atom stereocenters. The Balaban J connectivity index is 1.62. The number of benzene rings is 2. The molecule has 0 aromatic heterocycles. The van der Waals surface area contributed by atoms with Crippen LogP contribution in [0, 0.1) is 5.92 Å². The number of carbonyl (C=O) groups is 1. The first-order valence-corrected chi connectivity index (χ1v) is 11.3. The third kappa shape index (κ3) is 4.53. The van der Waals surface area contributed by atoms with Crippen LogP contribution in [0.2, 0.25) is 5.02 Å². The fourth-order valence-electron chi connectivity index (χ4n) is 4.79. The van der Waals surface area contributed by atoms with Crippen LogP contribution in [0.15, 0.2) is 53.0 Å². The molecule has 0 saturated carbocycles. The summed E-state index contributed by atoms with van der Waals surface area (Å²) in [7, 11) is 0. The number of aliphatic hydroxyl groups is 1. The SMILES string of the molecule is CC1CCC2C(=O)N(Cc3ccc(Cl)cc3)CC(O)CN2C1c1cccc(Br)c1. The standard InChI is InChI=1S/C23H26BrClN2O2/c1-15-5-10-21-23(29)26(12-16-6-8-19(25)9-7-16)13-20(28)14-27(21)22(15)17-3-2-4-18(24)11-17/h2-4,6-9,11,15,20-22,28H,5,10,12-14H2,1H3. The molecule has 0 bridgehead atoms. The van der Waals surface area contributed by atoms with E-state index in [1.54, 1.807) is 0 Å². The van der Waals surface area contributed by atoms with Crippen LogP contribution in [0.1, 0.15) is 36.9 Å². The van der Waals surface area contributed by atoms with Crippen LogP contribution in [-0.2, 0) is 11.3 Å². The Morgan fingerprint density at radius 1 is 1.14 bits per heavy atom. The third-order valence-corrected chi connectivity index (χ3v) is 6.86. The Morgan fingerprint density at radius 2 is 1.90 bits per heavy atom. The van der Waals surface area contributed by atoms with E-state index in [4.69, 9.17) is 11.6 Å². The molecule has 4 rings (SSSR count). The largest absolute Gasteiger partial charge is 0.390 e. The zero-order chi connectivity index (χ0) is 20.5. The number of hydrogen-bond donors (Lipinski definition) is 1. The Bertz CT molecular complexity index is 875. The predicted octanol–water partition coefficient (Wildman–Crippen LogP) is 4.65. The Labute approximate surface area is 185 Å². The number of aliphatic hydroxyl groups excluding tert-OH is 1. The molecular weight excluding hydrogens is 452 g/mol. The average molecular weight is 478 g/mol. The van der Waals surface area contributed by atoms with Gasteiger partial charge in [0, 0.05) is 35.2 Å². The van der Waals surface area contributed by atoms with E-state index in [0.29, 0.717) is 30.6 Å². The first kappa shape index (κ1) is 20.9. The highest BCUT2D eigenvalue weighted by atomic mass is 79.9. The maximum absolute atomic E-state index is 13.5. The molecule has 154 valence electrons. The fraction of sp³-hybridized carbons (Fsp3) is 0.435. The molecule has 0 aliphatic carbocycles. The molecule has 6 heteroatoms. The van der Waals surface area contributed by atoms with Crippen molar-refractivity contribution in [2.45, 2.75) is 44.5 Å². The number of piperidine rings is 1. The van der Waals surface area contributed by atoms with Gasteiger partial charge in [0.25, 0.3) is 0 Å². The van der Waals surface area contributed by atoms with Gasteiger partial charge in [-0.1, -0.05) is 58.7 Å². The molecule has 0 spiro atoms. The third-order valence-electron chi connectivity index (χ3n) is 6.12. The Hall–Kier alpha value is -1.40. The van der Waals surface area contributed by atoms with Crippen LogP contribution < -0.4 is 0 Å². The van der Waals surface area contributed by atoms with Gasteiger partial charge >= 0.3 is 0 Å². The number of carbonyl (C=O) groups excluding carboxylic acids is 1. The molecule has 2 aliphatic rings. The van der Waals surface area contributed by atoms with Gasteiger partial charge in [0.15, 0.2) is 0 Å². The lowest BCUT2D eigenvalue weighted by Gasteiger charge is -2.44. The quantitative estimate of drug-likeness (QED) is 0.700. The summed E-state index contributed by atoms with van der Waals surface area (Å²) in [6.45, 7) is 3.60. The molecule has 2 fully saturated rings. The first-order chi connectivity index (χ1) is 13.9. The summed E-state index contributed by atoms with van der Waals surface area (Å²) in [6, 6.07) is 15.8. The minimum atomic E-state index is -0.573. The number of β-amino-alcohol motifs (C(OH)–C–C–N with tert-alkyl or cyclic N) is 1. The van der Waals surface area contributed by atoms with E-state index >= 15 is 0 Å². The molecule has 0 radical (unpaired) electrons. The smallest absolute Gasteiger partial charge is 0.240 e. The summed E-state index contributed by atoms with van der Waals surface area (Å²) in [5.41, 5.74) is 2.22. The van der Waals surface area contributed by atoms with E-state index in [1.807, 2.05) is 41.3 Å². The van der Waals surface area contributed by atoms with Crippen molar-refractivity contribution in [2.24, 2.45) is 5.92 Å². The lowest BCUT2D eigenvalue weighted by molar-refractivity contribution is -0.139. The van der Waals surface area contributed by atoms with E-state index < -0.39 is 6.10 Å². The lowest BCUT2D eigenvalue weighted by atomic mass is 9.82. The predicted molar refractivity (Wildman–Crippen MR) is 119 cm³/mol. The summed E-state index contributed by atoms with van der Waals surface area (Å²) in [5, 5.41) is 11.5. The highest BCUT2D eigenvalue weighted by Crippen LogP contribution is 2.41. The van der Waals surface area contributed by atoms with Gasteiger partial charge in [-0.05, 0) is 54.2 Å². The second-order valence-corrected chi connectivity index (χ2v) is 9.62. The van der Waals surface area contributed by atoms with Gasteiger partial charge in [0.05, 0.1) is 12.1 Å². The number of rotatable bonds is 3. The van der Waals surface area contributed by atoms with Crippen molar-refractivity contribution in [1.29, 1.82) is 0 Å². The second kappa shape index (κ2) is 8.76. The van der Waals surface area contributed by atoms with Crippen molar-refractivity contribution < 1.29 is 9.90 Å². The Kier molecular flexibility index (Phi) is 6.30. The van der Waals surface area contributed by atoms with Crippen molar-refractivity contribution >= 4 is 33.4 Å². The van der Waals surface area contributed by atoms with Crippen molar-refractivity contribution in [3.63, 3.8) is 0 Å². The van der Waals surface area contributed by atoms with E-state index in [-0.39, 0.29) is 18.0 Å². The molecule has 2 aliphatic heterocycles. The van der Waals surface area contributed by atoms with Crippen LogP contribution in [-0.4, -0.2) is 46.0 Å². The molecule has 29 heavy (non-hydrogen) atoms. The molecule has 2 aromatic rings. The summed E-state index contributed by atoms with van der Waals surface area (Å²) in [5.74, 6) is 0.534. The molecule has 4 nitrogen and oxygen atoms in total. The van der Waals surface area contributed by atoms with Crippen LogP contribution in [0.25, 0.3) is 0 Å². The summed E-state index contributed by atoms with van der Waals surface area (Å²) < 4.78 is 1.04. The summed E-state index contributed by atoms with van der Waals surface area (Å²) in [4.78, 5) is 17.5. The van der Waals surface area contributed by atoms with E-state index in [0.717, 1.165) is 22.9 Å². The summed E-state index contributed by atoms with van der Waals surface area (Å²) >= 11 is 9.57. The molecule has 2 heterocycles. The maximum atomic E-state index is 13.5. The maximum Gasteiger partial charge on any atom is 0.240 e. The highest BCUT2D eigenvalue weighted by Gasteiger charge is 2.44. The number of nitrogens with zero attached hydrogens (tertiary/aromatic N) is 2. The van der Waals surface area contributed by atoms with Crippen molar-refractivity contribution in [2.75, 3.05) is 13.1 Å². The van der Waals surface area contributed by atoms with Gasteiger partial charge in [-0.15, -0.1) is 0 Å². The normalized spacial score (nSPS) is 28.1. The van der Waals surface area contributed by atoms with E-state index in [9.17, 15) is 9.90 Å². The minimum absolute atomic E-state index is 0.114. The van der Waals surface area contributed by atoms with Crippen molar-refractivity contribution in [1.82, 2.24) is 9.80 Å². The van der Waals surface area contributed by atoms with E-state index in [2.05, 4.69) is 39.9 Å². The average Bonchev–Trinajstić information content (AvgIpc) is 2.80. The first-order valence-electron chi connectivity index (χ1n) is 10.1. The highest BCUT2D eigenvalue weighted by molar-refractivity contribution is 9.10. The zero-order valence-corrected chi connectivity index (χ0v) is 18.8. The fourth-order valence-corrected chi connectivity index (χ4v) is 5.33. The summed E-state index contributed by atoms with van der Waals surface area (Å²) in [6.07, 6.45) is 1.25. The molecule has 2 aromatic carbocycles. The van der Waals surface area contributed by atoms with Gasteiger partial charge in [0.1, 0.15) is 0 Å². The van der Waals surface area contributed by atoms with Gasteiger partial charge in [-0.2, -0.15) is 0 Å². The van der Waals surface area contributed by atoms with Crippen LogP contribution in [0.5, 0.6) is 0 Å². The van der Waals surface area contributed by atoms with Crippen LogP contribution >= 0.6 is 27.5 Å². The van der Waals surface area contributed by atoms with Crippen LogP contribution in [0.4, 0.5) is 0 Å². The minimum Gasteiger partial charge on any atom is -0.390 e. The van der Waals surface area contributed by atoms with Gasteiger partial charge < -0.3 is 10.0 Å². The van der Waals surface area contributed by atoms with Gasteiger partial charge in [-0.25, -0.2) is 0 Å². The van der Waals surface area contributed by atoms with Crippen molar-refractivity contribution in [3.8, 4) is 0 Å². The number of fused-ring (bicyclic) bond motifs is 1. The topological polar surface area (TPSA) is 43.8 Å². The second-order valence-electron chi connectivity index (χ2n) is 8.27.